The highest BCUT2D eigenvalue weighted by atomic mass is 19.1. The molecule has 20 heavy (non-hydrogen) atoms. The summed E-state index contributed by atoms with van der Waals surface area (Å²) in [6, 6.07) is 3.03. The van der Waals surface area contributed by atoms with Gasteiger partial charge in [-0.05, 0) is 26.0 Å². The van der Waals surface area contributed by atoms with Gasteiger partial charge in [0.25, 0.3) is 0 Å². The molecule has 0 aromatic carbocycles. The van der Waals surface area contributed by atoms with E-state index < -0.39 is 5.82 Å². The standard InChI is InChI=1S/C15H23FN2O2/c1-11(2)18(7-8-20-4)10-12(3)15(19)14-6-5-13(16)9-17-14/h5-6,9,11-12H,7-8,10H2,1-4H3. The Hall–Kier alpha value is -1.33. The van der Waals surface area contributed by atoms with Crippen LogP contribution in [0.3, 0.4) is 0 Å². The lowest BCUT2D eigenvalue weighted by atomic mass is 10.0. The molecular weight excluding hydrogens is 259 g/mol. The third-order valence-corrected chi connectivity index (χ3v) is 3.25. The topological polar surface area (TPSA) is 42.4 Å². The van der Waals surface area contributed by atoms with Crippen molar-refractivity contribution in [1.29, 1.82) is 0 Å². The van der Waals surface area contributed by atoms with Crippen LogP contribution < -0.4 is 0 Å². The Morgan fingerprint density at radius 2 is 2.10 bits per heavy atom. The molecular formula is C15H23FN2O2. The molecule has 0 bridgehead atoms. The summed E-state index contributed by atoms with van der Waals surface area (Å²) >= 11 is 0. The van der Waals surface area contributed by atoms with Crippen LogP contribution in [0.1, 0.15) is 31.3 Å². The number of hydrogen-bond donors (Lipinski definition) is 0. The molecule has 0 spiro atoms. The molecule has 0 N–H and O–H groups in total. The van der Waals surface area contributed by atoms with Crippen molar-refractivity contribution in [3.63, 3.8) is 0 Å². The predicted molar refractivity (Wildman–Crippen MR) is 76.3 cm³/mol. The van der Waals surface area contributed by atoms with Gasteiger partial charge < -0.3 is 4.74 Å². The average molecular weight is 282 g/mol. The summed E-state index contributed by atoms with van der Waals surface area (Å²) in [4.78, 5) is 18.3. The van der Waals surface area contributed by atoms with Crippen LogP contribution in [0.25, 0.3) is 0 Å². The normalized spacial score (nSPS) is 12.9. The first-order valence-corrected chi connectivity index (χ1v) is 6.84. The molecule has 4 nitrogen and oxygen atoms in total. The van der Waals surface area contributed by atoms with Crippen LogP contribution in [0.5, 0.6) is 0 Å². The fraction of sp³-hybridized carbons (Fsp3) is 0.600. The number of ketones is 1. The molecule has 0 radical (unpaired) electrons. The number of nitrogens with zero attached hydrogens (tertiary/aromatic N) is 2. The average Bonchev–Trinajstić information content (AvgIpc) is 2.42. The van der Waals surface area contributed by atoms with Crippen LogP contribution in [0.4, 0.5) is 4.39 Å². The molecule has 0 amide bonds. The Morgan fingerprint density at radius 1 is 1.40 bits per heavy atom. The van der Waals surface area contributed by atoms with Gasteiger partial charge in [0.05, 0.1) is 12.8 Å². The van der Waals surface area contributed by atoms with E-state index in [1.165, 1.54) is 12.1 Å². The third kappa shape index (κ3) is 4.98. The minimum absolute atomic E-state index is 0.0620. The molecule has 1 heterocycles. The van der Waals surface area contributed by atoms with E-state index >= 15 is 0 Å². The van der Waals surface area contributed by atoms with Crippen LogP contribution >= 0.6 is 0 Å². The second-order valence-electron chi connectivity index (χ2n) is 5.21. The number of carbonyl (C=O) groups excluding carboxylic acids is 1. The zero-order chi connectivity index (χ0) is 15.1. The van der Waals surface area contributed by atoms with Gasteiger partial charge in [0, 0.05) is 32.2 Å². The highest BCUT2D eigenvalue weighted by Gasteiger charge is 2.21. The Balaban J connectivity index is 2.65. The molecule has 1 rings (SSSR count). The maximum Gasteiger partial charge on any atom is 0.185 e. The monoisotopic (exact) mass is 282 g/mol. The van der Waals surface area contributed by atoms with Gasteiger partial charge in [-0.15, -0.1) is 0 Å². The SMILES string of the molecule is COCCN(CC(C)C(=O)c1ccc(F)cn1)C(C)C. The highest BCUT2D eigenvalue weighted by Crippen LogP contribution is 2.11. The maximum atomic E-state index is 12.8. The quantitative estimate of drug-likeness (QED) is 0.687. The van der Waals surface area contributed by atoms with E-state index in [1.807, 2.05) is 6.92 Å². The van der Waals surface area contributed by atoms with Gasteiger partial charge in [-0.2, -0.15) is 0 Å². The minimum atomic E-state index is -0.432. The molecule has 0 fully saturated rings. The maximum absolute atomic E-state index is 12.8. The van der Waals surface area contributed by atoms with Crippen LogP contribution in [-0.4, -0.2) is 48.5 Å². The number of pyridine rings is 1. The first kappa shape index (κ1) is 16.7. The van der Waals surface area contributed by atoms with Gasteiger partial charge >= 0.3 is 0 Å². The Bertz CT molecular complexity index is 420. The van der Waals surface area contributed by atoms with Crippen LogP contribution in [0.2, 0.25) is 0 Å². The number of ether oxygens (including phenoxy) is 1. The summed E-state index contributed by atoms with van der Waals surface area (Å²) in [5, 5.41) is 0. The van der Waals surface area contributed by atoms with Crippen molar-refractivity contribution in [3.05, 3.63) is 29.8 Å². The number of methoxy groups -OCH3 is 1. The fourth-order valence-corrected chi connectivity index (χ4v) is 1.98. The van der Waals surface area contributed by atoms with Crippen molar-refractivity contribution >= 4 is 5.78 Å². The first-order chi connectivity index (χ1) is 9.45. The van der Waals surface area contributed by atoms with Crippen molar-refractivity contribution < 1.29 is 13.9 Å². The summed E-state index contributed by atoms with van der Waals surface area (Å²) in [5.74, 6) is -0.682. The van der Waals surface area contributed by atoms with E-state index in [2.05, 4.69) is 23.7 Å². The van der Waals surface area contributed by atoms with Gasteiger partial charge in [-0.1, -0.05) is 6.92 Å². The molecule has 1 aromatic heterocycles. The molecule has 5 heteroatoms. The molecule has 0 aliphatic rings. The van der Waals surface area contributed by atoms with Gasteiger partial charge in [-0.25, -0.2) is 4.39 Å². The molecule has 1 unspecified atom stereocenters. The van der Waals surface area contributed by atoms with Crippen molar-refractivity contribution in [2.75, 3.05) is 26.8 Å². The first-order valence-electron chi connectivity index (χ1n) is 6.84. The fourth-order valence-electron chi connectivity index (χ4n) is 1.98. The molecule has 1 atom stereocenters. The van der Waals surface area contributed by atoms with Crippen LogP contribution in [0.15, 0.2) is 18.3 Å². The summed E-state index contributed by atoms with van der Waals surface area (Å²) in [5.41, 5.74) is 0.314. The lowest BCUT2D eigenvalue weighted by Gasteiger charge is -2.28. The van der Waals surface area contributed by atoms with Crippen molar-refractivity contribution in [2.24, 2.45) is 5.92 Å². The zero-order valence-electron chi connectivity index (χ0n) is 12.6. The van der Waals surface area contributed by atoms with Crippen LogP contribution in [-0.2, 0) is 4.74 Å². The number of Topliss-reactive ketones (excluding diaryl/α,β-unsaturated/α-hetero) is 1. The zero-order valence-corrected chi connectivity index (χ0v) is 12.6. The minimum Gasteiger partial charge on any atom is -0.383 e. The van der Waals surface area contributed by atoms with E-state index in [0.717, 1.165) is 12.7 Å². The van der Waals surface area contributed by atoms with Gasteiger partial charge in [0.1, 0.15) is 11.5 Å². The highest BCUT2D eigenvalue weighted by molar-refractivity contribution is 5.95. The Labute approximate surface area is 120 Å². The Kier molecular flexibility index (Phi) is 6.75. The number of aromatic nitrogens is 1. The number of carbonyl (C=O) groups is 1. The lowest BCUT2D eigenvalue weighted by molar-refractivity contribution is 0.0828. The number of rotatable bonds is 8. The van der Waals surface area contributed by atoms with E-state index in [1.54, 1.807) is 7.11 Å². The largest absolute Gasteiger partial charge is 0.383 e. The van der Waals surface area contributed by atoms with Crippen LogP contribution in [0, 0.1) is 11.7 Å². The number of hydrogen-bond acceptors (Lipinski definition) is 4. The van der Waals surface area contributed by atoms with Crippen molar-refractivity contribution in [1.82, 2.24) is 9.88 Å². The number of halogens is 1. The second-order valence-corrected chi connectivity index (χ2v) is 5.21. The van der Waals surface area contributed by atoms with E-state index in [-0.39, 0.29) is 11.7 Å². The van der Waals surface area contributed by atoms with Crippen molar-refractivity contribution in [3.8, 4) is 0 Å². The van der Waals surface area contributed by atoms with E-state index in [9.17, 15) is 9.18 Å². The second kappa shape index (κ2) is 8.07. The third-order valence-electron chi connectivity index (χ3n) is 3.25. The molecule has 0 saturated carbocycles. The predicted octanol–water partition coefficient (Wildman–Crippen LogP) is 2.40. The molecule has 1 aromatic rings. The summed E-state index contributed by atoms with van der Waals surface area (Å²) < 4.78 is 17.9. The van der Waals surface area contributed by atoms with Gasteiger partial charge in [0.15, 0.2) is 5.78 Å². The van der Waals surface area contributed by atoms with Crippen molar-refractivity contribution in [2.45, 2.75) is 26.8 Å². The van der Waals surface area contributed by atoms with Gasteiger partial charge in [0.2, 0.25) is 0 Å². The summed E-state index contributed by atoms with van der Waals surface area (Å²) in [6.45, 7) is 8.09. The Morgan fingerprint density at radius 3 is 2.60 bits per heavy atom. The molecule has 112 valence electrons. The molecule has 0 aliphatic carbocycles. The smallest absolute Gasteiger partial charge is 0.185 e. The van der Waals surface area contributed by atoms with E-state index in [4.69, 9.17) is 4.74 Å². The van der Waals surface area contributed by atoms with E-state index in [0.29, 0.717) is 24.9 Å². The summed E-state index contributed by atoms with van der Waals surface area (Å²) in [6.07, 6.45) is 1.07. The summed E-state index contributed by atoms with van der Waals surface area (Å²) in [7, 11) is 1.66. The lowest BCUT2D eigenvalue weighted by Crippen LogP contribution is -2.39. The van der Waals surface area contributed by atoms with Gasteiger partial charge in [-0.3, -0.25) is 14.7 Å². The molecule has 0 aliphatic heterocycles. The molecule has 0 saturated heterocycles.